The number of hydrogen-bond donors (Lipinski definition) is 0. The Kier molecular flexibility index (Phi) is 4.80. The second-order valence-corrected chi connectivity index (χ2v) is 10.6. The molecule has 7 aromatic rings. The number of halogens is 2. The van der Waals surface area contributed by atoms with Gasteiger partial charge in [-0.15, -0.1) is 0 Å². The molecule has 0 saturated heterocycles. The lowest BCUT2D eigenvalue weighted by Crippen LogP contribution is -1.92. The molecular weight excluding hydrogens is 560 g/mol. The lowest BCUT2D eigenvalue weighted by molar-refractivity contribution is 1.21. The molecule has 0 aliphatic rings. The molecule has 0 N–H and O–H groups in total. The summed E-state index contributed by atoms with van der Waals surface area (Å²) in [6.07, 6.45) is 2.27. The first-order valence-corrected chi connectivity index (χ1v) is 13.0. The second-order valence-electron chi connectivity index (χ2n) is 8.74. The van der Waals surface area contributed by atoms with Gasteiger partial charge >= 0.3 is 0 Å². The van der Waals surface area contributed by atoms with Gasteiger partial charge in [0.25, 0.3) is 0 Å². The van der Waals surface area contributed by atoms with Gasteiger partial charge in [-0.05, 0) is 57.3 Å². The van der Waals surface area contributed by atoms with Crippen LogP contribution >= 0.6 is 31.9 Å². The van der Waals surface area contributed by atoms with Crippen LogP contribution in [0.15, 0.2) is 118 Å². The Hall–Kier alpha value is -3.47. The number of benzene rings is 5. The maximum Gasteiger partial charge on any atom is 0.138 e. The van der Waals surface area contributed by atoms with Crippen LogP contribution in [0.1, 0.15) is 0 Å². The van der Waals surface area contributed by atoms with Crippen molar-refractivity contribution in [2.45, 2.75) is 0 Å². The molecular formula is C31H18Br2N2. The third-order valence-corrected chi connectivity index (χ3v) is 7.78. The standard InChI is InChI=1S/C31H18Br2N2/c32-21-13-9-19(10-14-21)30-31(20-11-15-22(33)16-12-20)35-18-28-26-8-4-2-6-24(26)23-5-1-3-7-25(23)27(28)17-29(35)34-30/h1-18H. The van der Waals surface area contributed by atoms with Gasteiger partial charge in [0.15, 0.2) is 0 Å². The fraction of sp³-hybridized carbons (Fsp3) is 0. The van der Waals surface area contributed by atoms with Crippen LogP contribution in [0.2, 0.25) is 0 Å². The molecule has 0 bridgehead atoms. The van der Waals surface area contributed by atoms with Crippen LogP contribution in [-0.2, 0) is 0 Å². The molecule has 2 heterocycles. The lowest BCUT2D eigenvalue weighted by Gasteiger charge is -2.12. The summed E-state index contributed by atoms with van der Waals surface area (Å²) in [4.78, 5) is 5.18. The van der Waals surface area contributed by atoms with Crippen LogP contribution in [0, 0.1) is 0 Å². The minimum absolute atomic E-state index is 0.939. The number of fused-ring (bicyclic) bond motifs is 7. The number of hydrogen-bond acceptors (Lipinski definition) is 1. The molecule has 166 valence electrons. The van der Waals surface area contributed by atoms with E-state index in [9.17, 15) is 0 Å². The molecule has 0 atom stereocenters. The zero-order valence-corrected chi connectivity index (χ0v) is 21.7. The first-order valence-electron chi connectivity index (χ1n) is 11.4. The summed E-state index contributed by atoms with van der Waals surface area (Å²) in [5, 5.41) is 7.50. The Morgan fingerprint density at radius 3 is 1.57 bits per heavy atom. The topological polar surface area (TPSA) is 17.3 Å². The highest BCUT2D eigenvalue weighted by Crippen LogP contribution is 2.39. The summed E-state index contributed by atoms with van der Waals surface area (Å²) in [6.45, 7) is 0. The van der Waals surface area contributed by atoms with Crippen LogP contribution in [0.5, 0.6) is 0 Å². The fourth-order valence-electron chi connectivity index (χ4n) is 5.12. The average molecular weight is 578 g/mol. The molecule has 0 fully saturated rings. The van der Waals surface area contributed by atoms with Gasteiger partial charge in [0.2, 0.25) is 0 Å². The lowest BCUT2D eigenvalue weighted by atomic mass is 9.95. The van der Waals surface area contributed by atoms with Gasteiger partial charge in [-0.3, -0.25) is 4.40 Å². The monoisotopic (exact) mass is 576 g/mol. The molecule has 0 aliphatic carbocycles. The molecule has 0 spiro atoms. The molecule has 0 saturated carbocycles. The number of imidazole rings is 1. The van der Waals surface area contributed by atoms with Crippen LogP contribution in [0.3, 0.4) is 0 Å². The van der Waals surface area contributed by atoms with E-state index in [0.717, 1.165) is 37.1 Å². The third kappa shape index (κ3) is 3.32. The van der Waals surface area contributed by atoms with Crippen molar-refractivity contribution in [1.29, 1.82) is 0 Å². The van der Waals surface area contributed by atoms with Crippen molar-refractivity contribution >= 4 is 69.8 Å². The fourth-order valence-corrected chi connectivity index (χ4v) is 5.65. The highest BCUT2D eigenvalue weighted by Gasteiger charge is 2.18. The van der Waals surface area contributed by atoms with Crippen molar-refractivity contribution < 1.29 is 0 Å². The van der Waals surface area contributed by atoms with Crippen molar-refractivity contribution in [3.63, 3.8) is 0 Å². The van der Waals surface area contributed by atoms with Crippen molar-refractivity contribution in [2.75, 3.05) is 0 Å². The van der Waals surface area contributed by atoms with Gasteiger partial charge in [-0.2, -0.15) is 0 Å². The summed E-state index contributed by atoms with van der Waals surface area (Å²) < 4.78 is 4.37. The molecule has 0 radical (unpaired) electrons. The molecule has 2 aromatic heterocycles. The molecule has 7 rings (SSSR count). The van der Waals surface area contributed by atoms with Gasteiger partial charge < -0.3 is 0 Å². The van der Waals surface area contributed by atoms with E-state index in [1.165, 1.54) is 32.3 Å². The van der Waals surface area contributed by atoms with Crippen LogP contribution in [0.4, 0.5) is 0 Å². The van der Waals surface area contributed by atoms with Crippen molar-refractivity contribution in [2.24, 2.45) is 0 Å². The number of aromatic nitrogens is 2. The first kappa shape index (κ1) is 20.9. The number of pyridine rings is 1. The van der Waals surface area contributed by atoms with E-state index >= 15 is 0 Å². The zero-order valence-electron chi connectivity index (χ0n) is 18.5. The predicted octanol–water partition coefficient (Wildman–Crippen LogP) is 9.65. The largest absolute Gasteiger partial charge is 0.298 e. The maximum absolute atomic E-state index is 5.18. The summed E-state index contributed by atoms with van der Waals surface area (Å²) in [6, 6.07) is 36.5. The Morgan fingerprint density at radius 1 is 0.514 bits per heavy atom. The molecule has 4 heteroatoms. The quantitative estimate of drug-likeness (QED) is 0.187. The predicted molar refractivity (Wildman–Crippen MR) is 154 cm³/mol. The van der Waals surface area contributed by atoms with E-state index in [1.807, 2.05) is 0 Å². The third-order valence-electron chi connectivity index (χ3n) is 6.72. The van der Waals surface area contributed by atoms with E-state index in [1.54, 1.807) is 0 Å². The second kappa shape index (κ2) is 8.04. The van der Waals surface area contributed by atoms with Crippen LogP contribution < -0.4 is 0 Å². The van der Waals surface area contributed by atoms with E-state index < -0.39 is 0 Å². The van der Waals surface area contributed by atoms with E-state index in [-0.39, 0.29) is 0 Å². The molecule has 0 aliphatic heterocycles. The highest BCUT2D eigenvalue weighted by atomic mass is 79.9. The summed E-state index contributed by atoms with van der Waals surface area (Å²) in [5.41, 5.74) is 5.23. The van der Waals surface area contributed by atoms with Crippen molar-refractivity contribution in [3.05, 3.63) is 118 Å². The highest BCUT2D eigenvalue weighted by molar-refractivity contribution is 9.10. The van der Waals surface area contributed by atoms with E-state index in [0.29, 0.717) is 0 Å². The maximum atomic E-state index is 5.18. The molecule has 35 heavy (non-hydrogen) atoms. The van der Waals surface area contributed by atoms with Crippen LogP contribution in [-0.4, -0.2) is 9.38 Å². The number of rotatable bonds is 2. The van der Waals surface area contributed by atoms with Gasteiger partial charge in [-0.25, -0.2) is 4.98 Å². The summed E-state index contributed by atoms with van der Waals surface area (Å²) >= 11 is 7.15. The van der Waals surface area contributed by atoms with E-state index in [4.69, 9.17) is 4.98 Å². The number of nitrogens with zero attached hydrogens (tertiary/aromatic N) is 2. The van der Waals surface area contributed by atoms with Gasteiger partial charge in [0.1, 0.15) is 5.65 Å². The smallest absolute Gasteiger partial charge is 0.138 e. The average Bonchev–Trinajstić information content (AvgIpc) is 3.27. The molecule has 2 nitrogen and oxygen atoms in total. The SMILES string of the molecule is Brc1ccc(-c2nc3cc4c5ccccc5c5ccccc5c4cn3c2-c2ccc(Br)cc2)cc1. The molecule has 0 unspecified atom stereocenters. The molecule has 5 aromatic carbocycles. The van der Waals surface area contributed by atoms with Gasteiger partial charge in [0, 0.05) is 31.7 Å². The van der Waals surface area contributed by atoms with Gasteiger partial charge in [0.05, 0.1) is 11.4 Å². The minimum Gasteiger partial charge on any atom is -0.298 e. The van der Waals surface area contributed by atoms with E-state index in [2.05, 4.69) is 146 Å². The Bertz CT molecular complexity index is 1900. The van der Waals surface area contributed by atoms with Crippen molar-refractivity contribution in [1.82, 2.24) is 9.38 Å². The van der Waals surface area contributed by atoms with Gasteiger partial charge in [-0.1, -0.05) is 105 Å². The minimum atomic E-state index is 0.939. The molecule has 0 amide bonds. The Labute approximate surface area is 219 Å². The normalized spacial score (nSPS) is 11.7. The summed E-state index contributed by atoms with van der Waals surface area (Å²) in [5.74, 6) is 0. The Morgan fingerprint density at radius 2 is 1.00 bits per heavy atom. The summed E-state index contributed by atoms with van der Waals surface area (Å²) in [7, 11) is 0. The first-order chi connectivity index (χ1) is 17.2. The van der Waals surface area contributed by atoms with Crippen LogP contribution in [0.25, 0.3) is 60.5 Å². The van der Waals surface area contributed by atoms with Crippen molar-refractivity contribution in [3.8, 4) is 22.5 Å². The zero-order chi connectivity index (χ0) is 23.5. The Balaban J connectivity index is 1.66.